The Balaban J connectivity index is 1.71. The molecule has 0 bridgehead atoms. The number of aromatic nitrogens is 2. The van der Waals surface area contributed by atoms with Crippen molar-refractivity contribution in [3.8, 4) is 5.75 Å². The molecule has 1 aromatic heterocycles. The molecule has 1 aliphatic rings. The summed E-state index contributed by atoms with van der Waals surface area (Å²) in [5.41, 5.74) is 2.04. The molecular weight excluding hydrogens is 354 g/mol. The van der Waals surface area contributed by atoms with Gasteiger partial charge in [0, 0.05) is 24.2 Å². The average molecular weight is 370 g/mol. The van der Waals surface area contributed by atoms with Gasteiger partial charge in [-0.2, -0.15) is 0 Å². The second-order valence-corrected chi connectivity index (χ2v) is 6.38. The zero-order valence-corrected chi connectivity index (χ0v) is 14.6. The Kier molecular flexibility index (Phi) is 4.44. The summed E-state index contributed by atoms with van der Waals surface area (Å²) in [5, 5.41) is 9.77. The van der Waals surface area contributed by atoms with E-state index in [2.05, 4.69) is 14.9 Å². The zero-order valence-electron chi connectivity index (χ0n) is 13.9. The van der Waals surface area contributed by atoms with Crippen molar-refractivity contribution in [1.29, 1.82) is 0 Å². The molecule has 0 aliphatic carbocycles. The van der Waals surface area contributed by atoms with Crippen LogP contribution in [0.5, 0.6) is 5.75 Å². The largest absolute Gasteiger partial charge is 0.506 e. The smallest absolute Gasteiger partial charge is 0.194 e. The Morgan fingerprint density at radius 1 is 1.15 bits per heavy atom. The van der Waals surface area contributed by atoms with Crippen LogP contribution < -0.4 is 4.90 Å². The molecule has 7 heteroatoms. The highest BCUT2D eigenvalue weighted by molar-refractivity contribution is 6.36. The molecular formula is C19H16ClN3O3. The van der Waals surface area contributed by atoms with Gasteiger partial charge in [-0.1, -0.05) is 17.7 Å². The van der Waals surface area contributed by atoms with Gasteiger partial charge in [-0.25, -0.2) is 4.98 Å². The molecule has 4 rings (SSSR count). The number of aromatic hydroxyl groups is 1. The molecule has 0 unspecified atom stereocenters. The molecule has 2 heterocycles. The van der Waals surface area contributed by atoms with Crippen LogP contribution in [0.25, 0.3) is 11.0 Å². The fourth-order valence-electron chi connectivity index (χ4n) is 2.94. The van der Waals surface area contributed by atoms with Gasteiger partial charge in [0.2, 0.25) is 0 Å². The van der Waals surface area contributed by atoms with Gasteiger partial charge in [0.05, 0.1) is 35.5 Å². The fraction of sp³-hybridized carbons (Fsp3) is 0.211. The van der Waals surface area contributed by atoms with E-state index in [1.54, 1.807) is 36.5 Å². The van der Waals surface area contributed by atoms with Crippen molar-refractivity contribution < 1.29 is 14.6 Å². The Hall–Kier alpha value is -2.70. The number of ether oxygens (including phenoxy) is 1. The van der Waals surface area contributed by atoms with Crippen LogP contribution in [0.2, 0.25) is 5.02 Å². The number of fused-ring (bicyclic) bond motifs is 1. The SMILES string of the molecule is O=C(c1ccc2ncc(N3CCOCC3)nc2c1)c1cccc(O)c1Cl. The van der Waals surface area contributed by atoms with E-state index < -0.39 is 0 Å². The lowest BCUT2D eigenvalue weighted by Gasteiger charge is -2.27. The van der Waals surface area contributed by atoms with E-state index in [1.165, 1.54) is 6.07 Å². The van der Waals surface area contributed by atoms with Gasteiger partial charge in [-0.3, -0.25) is 9.78 Å². The molecule has 0 amide bonds. The van der Waals surface area contributed by atoms with E-state index in [4.69, 9.17) is 16.3 Å². The summed E-state index contributed by atoms with van der Waals surface area (Å²) in [6.45, 7) is 2.85. The number of nitrogens with zero attached hydrogens (tertiary/aromatic N) is 3. The van der Waals surface area contributed by atoms with Crippen LogP contribution in [0.15, 0.2) is 42.6 Å². The Morgan fingerprint density at radius 2 is 1.96 bits per heavy atom. The van der Waals surface area contributed by atoms with E-state index in [1.807, 2.05) is 0 Å². The maximum Gasteiger partial charge on any atom is 0.194 e. The summed E-state index contributed by atoms with van der Waals surface area (Å²) < 4.78 is 5.36. The minimum absolute atomic E-state index is 0.0470. The number of morpholine rings is 1. The predicted octanol–water partition coefficient (Wildman–Crippen LogP) is 3.06. The predicted molar refractivity (Wildman–Crippen MR) is 99.1 cm³/mol. The molecule has 0 saturated carbocycles. The summed E-state index contributed by atoms with van der Waals surface area (Å²) in [6, 6.07) is 9.77. The molecule has 132 valence electrons. The van der Waals surface area contributed by atoms with Crippen molar-refractivity contribution in [2.45, 2.75) is 0 Å². The van der Waals surface area contributed by atoms with Crippen LogP contribution in [0.4, 0.5) is 5.82 Å². The molecule has 1 fully saturated rings. The first-order valence-electron chi connectivity index (χ1n) is 8.25. The van der Waals surface area contributed by atoms with Crippen LogP contribution >= 0.6 is 11.6 Å². The van der Waals surface area contributed by atoms with Crippen LogP contribution in [0.1, 0.15) is 15.9 Å². The maximum absolute atomic E-state index is 12.8. The number of anilines is 1. The number of benzene rings is 2. The first-order valence-corrected chi connectivity index (χ1v) is 8.63. The standard InChI is InChI=1S/C19H16ClN3O3/c20-18-13(2-1-3-16(18)24)19(25)12-4-5-14-15(10-12)22-17(11-21-14)23-6-8-26-9-7-23/h1-5,10-11,24H,6-9H2. The monoisotopic (exact) mass is 369 g/mol. The number of halogens is 1. The molecule has 1 saturated heterocycles. The van der Waals surface area contributed by atoms with Crippen molar-refractivity contribution in [3.05, 3.63) is 58.7 Å². The minimum atomic E-state index is -0.272. The van der Waals surface area contributed by atoms with E-state index in [0.717, 1.165) is 18.9 Å². The Morgan fingerprint density at radius 3 is 2.77 bits per heavy atom. The molecule has 3 aromatic rings. The van der Waals surface area contributed by atoms with E-state index in [-0.39, 0.29) is 22.1 Å². The number of hydrogen-bond donors (Lipinski definition) is 1. The Bertz CT molecular complexity index is 987. The third-order valence-corrected chi connectivity index (χ3v) is 4.75. The third kappa shape index (κ3) is 3.09. The quantitative estimate of drug-likeness (QED) is 0.715. The molecule has 6 nitrogen and oxygen atoms in total. The average Bonchev–Trinajstić information content (AvgIpc) is 2.69. The second-order valence-electron chi connectivity index (χ2n) is 6.00. The van der Waals surface area contributed by atoms with Crippen molar-refractivity contribution in [2.24, 2.45) is 0 Å². The van der Waals surface area contributed by atoms with Crippen molar-refractivity contribution in [3.63, 3.8) is 0 Å². The minimum Gasteiger partial charge on any atom is -0.506 e. The van der Waals surface area contributed by atoms with Gasteiger partial charge in [0.15, 0.2) is 5.78 Å². The molecule has 1 aliphatic heterocycles. The number of carbonyl (C=O) groups is 1. The normalized spacial score (nSPS) is 14.6. The molecule has 26 heavy (non-hydrogen) atoms. The van der Waals surface area contributed by atoms with Crippen LogP contribution in [-0.2, 0) is 4.74 Å². The molecule has 2 aromatic carbocycles. The number of ketones is 1. The number of rotatable bonds is 3. The van der Waals surface area contributed by atoms with E-state index in [9.17, 15) is 9.90 Å². The molecule has 0 radical (unpaired) electrons. The van der Waals surface area contributed by atoms with E-state index >= 15 is 0 Å². The van der Waals surface area contributed by atoms with Gasteiger partial charge in [0.25, 0.3) is 0 Å². The summed E-state index contributed by atoms with van der Waals surface area (Å²) in [5.74, 6) is 0.375. The van der Waals surface area contributed by atoms with Crippen molar-refractivity contribution in [2.75, 3.05) is 31.2 Å². The Labute approximate surface area is 155 Å². The van der Waals surface area contributed by atoms with E-state index in [0.29, 0.717) is 29.8 Å². The van der Waals surface area contributed by atoms with Crippen molar-refractivity contribution in [1.82, 2.24) is 9.97 Å². The van der Waals surface area contributed by atoms with Gasteiger partial charge >= 0.3 is 0 Å². The topological polar surface area (TPSA) is 75.6 Å². The molecule has 0 atom stereocenters. The van der Waals surface area contributed by atoms with Crippen LogP contribution in [0.3, 0.4) is 0 Å². The van der Waals surface area contributed by atoms with Gasteiger partial charge < -0.3 is 14.7 Å². The second kappa shape index (κ2) is 6.90. The van der Waals surface area contributed by atoms with Crippen LogP contribution in [-0.4, -0.2) is 47.2 Å². The number of phenols is 1. The first-order chi connectivity index (χ1) is 12.6. The summed E-state index contributed by atoms with van der Waals surface area (Å²) in [6.07, 6.45) is 1.74. The third-order valence-electron chi connectivity index (χ3n) is 4.35. The lowest BCUT2D eigenvalue weighted by Crippen LogP contribution is -2.36. The number of hydrogen-bond acceptors (Lipinski definition) is 6. The summed E-state index contributed by atoms with van der Waals surface area (Å²) in [4.78, 5) is 24.0. The lowest BCUT2D eigenvalue weighted by molar-refractivity contribution is 0.103. The molecule has 1 N–H and O–H groups in total. The summed E-state index contributed by atoms with van der Waals surface area (Å²) in [7, 11) is 0. The van der Waals surface area contributed by atoms with Crippen molar-refractivity contribution >= 4 is 34.2 Å². The lowest BCUT2D eigenvalue weighted by atomic mass is 10.0. The number of phenolic OH excluding ortho intramolecular Hbond substituents is 1. The highest BCUT2D eigenvalue weighted by Crippen LogP contribution is 2.29. The van der Waals surface area contributed by atoms with Gasteiger partial charge in [-0.15, -0.1) is 0 Å². The van der Waals surface area contributed by atoms with Crippen LogP contribution in [0, 0.1) is 0 Å². The highest BCUT2D eigenvalue weighted by atomic mass is 35.5. The fourth-order valence-corrected chi connectivity index (χ4v) is 3.15. The van der Waals surface area contributed by atoms with Gasteiger partial charge in [0.1, 0.15) is 11.6 Å². The summed E-state index contributed by atoms with van der Waals surface area (Å²) >= 11 is 6.07. The zero-order chi connectivity index (χ0) is 18.1. The molecule has 0 spiro atoms. The number of carbonyl (C=O) groups excluding carboxylic acids is 1. The highest BCUT2D eigenvalue weighted by Gasteiger charge is 2.17. The maximum atomic E-state index is 12.8. The van der Waals surface area contributed by atoms with Gasteiger partial charge in [-0.05, 0) is 30.3 Å². The first kappa shape index (κ1) is 16.8.